The summed E-state index contributed by atoms with van der Waals surface area (Å²) in [6, 6.07) is 10.5. The number of ether oxygens (including phenoxy) is 2. The second kappa shape index (κ2) is 8.60. The van der Waals surface area contributed by atoms with E-state index in [4.69, 9.17) is 9.47 Å². The highest BCUT2D eigenvalue weighted by molar-refractivity contribution is 5.77. The van der Waals surface area contributed by atoms with Crippen LogP contribution in [0.5, 0.6) is 0 Å². The maximum Gasteiger partial charge on any atom is 0.225 e. The van der Waals surface area contributed by atoms with E-state index in [0.717, 1.165) is 45.8 Å². The molecule has 1 aromatic rings. The Morgan fingerprint density at radius 3 is 2.88 bits per heavy atom. The summed E-state index contributed by atoms with van der Waals surface area (Å²) in [5.41, 5.74) is 1.31. The van der Waals surface area contributed by atoms with Crippen molar-refractivity contribution in [2.75, 3.05) is 46.5 Å². The molecule has 2 unspecified atom stereocenters. The predicted molar refractivity (Wildman–Crippen MR) is 92.6 cm³/mol. The lowest BCUT2D eigenvalue weighted by Gasteiger charge is -2.33. The van der Waals surface area contributed by atoms with Crippen LogP contribution in [-0.4, -0.2) is 68.3 Å². The quantitative estimate of drug-likeness (QED) is 0.796. The number of rotatable bonds is 6. The van der Waals surface area contributed by atoms with E-state index < -0.39 is 0 Å². The lowest BCUT2D eigenvalue weighted by Crippen LogP contribution is -2.44. The molecule has 5 heteroatoms. The van der Waals surface area contributed by atoms with Crippen LogP contribution in [0, 0.1) is 5.92 Å². The zero-order chi connectivity index (χ0) is 16.8. The van der Waals surface area contributed by atoms with Crippen molar-refractivity contribution in [3.63, 3.8) is 0 Å². The minimum atomic E-state index is 0.0106. The van der Waals surface area contributed by atoms with Crippen molar-refractivity contribution in [3.05, 3.63) is 35.9 Å². The van der Waals surface area contributed by atoms with Crippen molar-refractivity contribution in [3.8, 4) is 0 Å². The molecule has 2 fully saturated rings. The Kier molecular flexibility index (Phi) is 6.24. The molecule has 0 spiro atoms. The van der Waals surface area contributed by atoms with Crippen LogP contribution in [0.1, 0.15) is 18.4 Å². The molecule has 2 aliphatic heterocycles. The van der Waals surface area contributed by atoms with Crippen molar-refractivity contribution in [2.45, 2.75) is 25.5 Å². The van der Waals surface area contributed by atoms with Gasteiger partial charge in [-0.2, -0.15) is 0 Å². The molecule has 0 radical (unpaired) electrons. The Bertz CT molecular complexity index is 523. The molecule has 5 nitrogen and oxygen atoms in total. The van der Waals surface area contributed by atoms with Crippen LogP contribution in [0.3, 0.4) is 0 Å². The van der Waals surface area contributed by atoms with Crippen molar-refractivity contribution in [2.24, 2.45) is 5.92 Å². The molecule has 2 aliphatic rings. The Morgan fingerprint density at radius 2 is 2.08 bits per heavy atom. The van der Waals surface area contributed by atoms with E-state index in [9.17, 15) is 4.79 Å². The van der Waals surface area contributed by atoms with Crippen LogP contribution in [0.15, 0.2) is 30.3 Å². The summed E-state index contributed by atoms with van der Waals surface area (Å²) < 4.78 is 11.0. The van der Waals surface area contributed by atoms with Crippen molar-refractivity contribution >= 4 is 5.91 Å². The van der Waals surface area contributed by atoms with Gasteiger partial charge in [0.2, 0.25) is 5.91 Å². The van der Waals surface area contributed by atoms with Gasteiger partial charge in [0, 0.05) is 45.8 Å². The smallest absolute Gasteiger partial charge is 0.225 e. The number of likely N-dealkylation sites (tertiary alicyclic amines) is 1. The topological polar surface area (TPSA) is 42.0 Å². The standard InChI is InChI=1S/C19H28N2O3/c1-23-15-17-7-8-21(13-17)19(22)11-18-14-20(9-10-24-18)12-16-5-3-2-4-6-16/h2-6,17-18H,7-15H2,1H3. The fourth-order valence-corrected chi connectivity index (χ4v) is 3.64. The summed E-state index contributed by atoms with van der Waals surface area (Å²) in [7, 11) is 1.72. The summed E-state index contributed by atoms with van der Waals surface area (Å²) in [6.45, 7) is 5.82. The first-order chi connectivity index (χ1) is 11.7. The van der Waals surface area contributed by atoms with E-state index in [1.807, 2.05) is 11.0 Å². The lowest BCUT2D eigenvalue weighted by atomic mass is 10.1. The maximum atomic E-state index is 12.5. The first kappa shape index (κ1) is 17.4. The Morgan fingerprint density at radius 1 is 1.25 bits per heavy atom. The largest absolute Gasteiger partial charge is 0.384 e. The minimum absolute atomic E-state index is 0.0106. The van der Waals surface area contributed by atoms with Crippen molar-refractivity contribution in [1.82, 2.24) is 9.80 Å². The highest BCUT2D eigenvalue weighted by atomic mass is 16.5. The van der Waals surface area contributed by atoms with E-state index in [1.165, 1.54) is 5.56 Å². The van der Waals surface area contributed by atoms with E-state index in [0.29, 0.717) is 18.9 Å². The molecule has 2 atom stereocenters. The van der Waals surface area contributed by atoms with E-state index in [2.05, 4.69) is 29.2 Å². The van der Waals surface area contributed by atoms with Crippen LogP contribution in [0.25, 0.3) is 0 Å². The van der Waals surface area contributed by atoms with Gasteiger partial charge in [-0.05, 0) is 12.0 Å². The molecule has 24 heavy (non-hydrogen) atoms. The molecule has 0 aliphatic carbocycles. The van der Waals surface area contributed by atoms with Gasteiger partial charge in [0.05, 0.1) is 25.7 Å². The average Bonchev–Trinajstić information content (AvgIpc) is 3.05. The van der Waals surface area contributed by atoms with Gasteiger partial charge in [-0.25, -0.2) is 0 Å². The number of nitrogens with zero attached hydrogens (tertiary/aromatic N) is 2. The van der Waals surface area contributed by atoms with Gasteiger partial charge in [-0.3, -0.25) is 9.69 Å². The number of methoxy groups -OCH3 is 1. The Hall–Kier alpha value is -1.43. The Balaban J connectivity index is 1.46. The van der Waals surface area contributed by atoms with Gasteiger partial charge in [0.1, 0.15) is 0 Å². The van der Waals surface area contributed by atoms with Crippen molar-refractivity contribution in [1.29, 1.82) is 0 Å². The van der Waals surface area contributed by atoms with Crippen LogP contribution in [0.2, 0.25) is 0 Å². The number of morpholine rings is 1. The molecule has 2 saturated heterocycles. The van der Waals surface area contributed by atoms with Gasteiger partial charge in [0.25, 0.3) is 0 Å². The van der Waals surface area contributed by atoms with Gasteiger partial charge >= 0.3 is 0 Å². The van der Waals surface area contributed by atoms with Crippen LogP contribution in [0.4, 0.5) is 0 Å². The fraction of sp³-hybridized carbons (Fsp3) is 0.632. The van der Waals surface area contributed by atoms with Gasteiger partial charge in [0.15, 0.2) is 0 Å². The second-order valence-electron chi connectivity index (χ2n) is 6.87. The summed E-state index contributed by atoms with van der Waals surface area (Å²) in [5, 5.41) is 0. The average molecular weight is 332 g/mol. The summed E-state index contributed by atoms with van der Waals surface area (Å²) in [5.74, 6) is 0.709. The van der Waals surface area contributed by atoms with Crippen LogP contribution >= 0.6 is 0 Å². The zero-order valence-electron chi connectivity index (χ0n) is 14.5. The highest BCUT2D eigenvalue weighted by Gasteiger charge is 2.29. The maximum absolute atomic E-state index is 12.5. The summed E-state index contributed by atoms with van der Waals surface area (Å²) in [4.78, 5) is 16.9. The third-order valence-corrected chi connectivity index (χ3v) is 4.92. The minimum Gasteiger partial charge on any atom is -0.384 e. The lowest BCUT2D eigenvalue weighted by molar-refractivity contribution is -0.135. The molecular formula is C19H28N2O3. The first-order valence-corrected chi connectivity index (χ1v) is 8.89. The molecule has 0 N–H and O–H groups in total. The number of benzene rings is 1. The molecule has 132 valence electrons. The fourth-order valence-electron chi connectivity index (χ4n) is 3.64. The highest BCUT2D eigenvalue weighted by Crippen LogP contribution is 2.19. The van der Waals surface area contributed by atoms with E-state index in [-0.39, 0.29) is 12.0 Å². The number of amides is 1. The van der Waals surface area contributed by atoms with Crippen molar-refractivity contribution < 1.29 is 14.3 Å². The second-order valence-corrected chi connectivity index (χ2v) is 6.87. The summed E-state index contributed by atoms with van der Waals surface area (Å²) in [6.07, 6.45) is 1.55. The van der Waals surface area contributed by atoms with E-state index >= 15 is 0 Å². The predicted octanol–water partition coefficient (Wildman–Crippen LogP) is 1.77. The molecule has 2 heterocycles. The Labute approximate surface area is 144 Å². The number of carbonyl (C=O) groups is 1. The molecule has 0 bridgehead atoms. The SMILES string of the molecule is COCC1CCN(C(=O)CC2CN(Cc3ccccc3)CCO2)C1. The monoisotopic (exact) mass is 332 g/mol. The van der Waals surface area contributed by atoms with Crippen LogP contribution in [-0.2, 0) is 20.8 Å². The number of hydrogen-bond donors (Lipinski definition) is 0. The number of carbonyl (C=O) groups excluding carboxylic acids is 1. The molecule has 0 saturated carbocycles. The third-order valence-electron chi connectivity index (χ3n) is 4.92. The van der Waals surface area contributed by atoms with Gasteiger partial charge in [-0.1, -0.05) is 30.3 Å². The van der Waals surface area contributed by atoms with Crippen LogP contribution < -0.4 is 0 Å². The molecule has 3 rings (SSSR count). The normalized spacial score (nSPS) is 25.1. The third kappa shape index (κ3) is 4.79. The first-order valence-electron chi connectivity index (χ1n) is 8.89. The molecular weight excluding hydrogens is 304 g/mol. The molecule has 1 amide bonds. The number of hydrogen-bond acceptors (Lipinski definition) is 4. The molecule has 1 aromatic carbocycles. The summed E-state index contributed by atoms with van der Waals surface area (Å²) >= 11 is 0. The molecule has 0 aromatic heterocycles. The zero-order valence-corrected chi connectivity index (χ0v) is 14.5. The van der Waals surface area contributed by atoms with Gasteiger partial charge in [-0.15, -0.1) is 0 Å². The van der Waals surface area contributed by atoms with Gasteiger partial charge < -0.3 is 14.4 Å². The van der Waals surface area contributed by atoms with E-state index in [1.54, 1.807) is 7.11 Å².